The number of epoxide rings is 1. The molecule has 1 aliphatic heterocycles. The van der Waals surface area contributed by atoms with E-state index in [1.165, 1.54) is 0 Å². The molecule has 0 aliphatic carbocycles. The summed E-state index contributed by atoms with van der Waals surface area (Å²) in [5.74, 6) is -0.883. The lowest BCUT2D eigenvalue weighted by atomic mass is 10.1. The molecule has 0 saturated carbocycles. The van der Waals surface area contributed by atoms with Gasteiger partial charge in [0, 0.05) is 5.57 Å². The highest BCUT2D eigenvalue weighted by Crippen LogP contribution is 2.30. The van der Waals surface area contributed by atoms with E-state index in [1.54, 1.807) is 0 Å². The van der Waals surface area contributed by atoms with Gasteiger partial charge in [0.05, 0.1) is 12.2 Å². The summed E-state index contributed by atoms with van der Waals surface area (Å²) in [4.78, 5) is 10.4. The van der Waals surface area contributed by atoms with Crippen LogP contribution in [0.25, 0.3) is 0 Å². The van der Waals surface area contributed by atoms with E-state index in [2.05, 4.69) is 13.5 Å². The zero-order valence-corrected chi connectivity index (χ0v) is 8.66. The Balaban J connectivity index is 2.01. The Hall–Kier alpha value is -0.830. The molecule has 1 fully saturated rings. The predicted octanol–water partition coefficient (Wildman–Crippen LogP) is 2.37. The molecular formula is C11H18O3. The van der Waals surface area contributed by atoms with Crippen molar-refractivity contribution in [2.24, 2.45) is 0 Å². The van der Waals surface area contributed by atoms with Crippen molar-refractivity contribution in [3.8, 4) is 0 Å². The van der Waals surface area contributed by atoms with Gasteiger partial charge in [0.15, 0.2) is 0 Å². The van der Waals surface area contributed by atoms with Crippen molar-refractivity contribution in [1.82, 2.24) is 0 Å². The van der Waals surface area contributed by atoms with Crippen molar-refractivity contribution in [3.63, 3.8) is 0 Å². The summed E-state index contributed by atoms with van der Waals surface area (Å²) >= 11 is 0. The molecule has 14 heavy (non-hydrogen) atoms. The van der Waals surface area contributed by atoms with Crippen LogP contribution < -0.4 is 0 Å². The number of rotatable bonds is 7. The van der Waals surface area contributed by atoms with Gasteiger partial charge in [0.1, 0.15) is 0 Å². The van der Waals surface area contributed by atoms with Crippen molar-refractivity contribution in [2.75, 3.05) is 0 Å². The van der Waals surface area contributed by atoms with E-state index in [4.69, 9.17) is 9.84 Å². The minimum atomic E-state index is -0.883. The van der Waals surface area contributed by atoms with Crippen LogP contribution in [0, 0.1) is 0 Å². The summed E-state index contributed by atoms with van der Waals surface area (Å²) in [7, 11) is 0. The lowest BCUT2D eigenvalue weighted by Gasteiger charge is -1.98. The zero-order chi connectivity index (χ0) is 10.6. The first kappa shape index (κ1) is 11.2. The van der Waals surface area contributed by atoms with E-state index < -0.39 is 5.97 Å². The summed E-state index contributed by atoms with van der Waals surface area (Å²) in [6.07, 6.45) is 5.53. The van der Waals surface area contributed by atoms with Crippen LogP contribution in [-0.4, -0.2) is 23.3 Å². The number of ether oxygens (including phenoxy) is 1. The maximum Gasteiger partial charge on any atom is 0.330 e. The van der Waals surface area contributed by atoms with Crippen molar-refractivity contribution in [3.05, 3.63) is 12.2 Å². The maximum absolute atomic E-state index is 10.4. The quantitative estimate of drug-likeness (QED) is 0.504. The number of aliphatic carboxylic acids is 1. The topological polar surface area (TPSA) is 49.8 Å². The molecular weight excluding hydrogens is 180 g/mol. The Kier molecular flexibility index (Phi) is 4.14. The van der Waals surface area contributed by atoms with E-state index in [-0.39, 0.29) is 0 Å². The highest BCUT2D eigenvalue weighted by atomic mass is 16.6. The molecule has 2 atom stereocenters. The number of carboxylic acid groups (broad SMARTS) is 1. The fourth-order valence-corrected chi connectivity index (χ4v) is 1.60. The molecule has 1 saturated heterocycles. The average molecular weight is 198 g/mol. The van der Waals surface area contributed by atoms with Gasteiger partial charge in [-0.2, -0.15) is 0 Å². The molecule has 0 aromatic heterocycles. The lowest BCUT2D eigenvalue weighted by Crippen LogP contribution is -2.00. The standard InChI is InChI=1S/C11H18O3/c1-3-5-9-10(14-9)7-4-6-8(2)11(12)13/h9-10H,2-7H2,1H3,(H,12,13). The molecule has 0 aromatic rings. The van der Waals surface area contributed by atoms with E-state index >= 15 is 0 Å². The zero-order valence-electron chi connectivity index (χ0n) is 8.66. The van der Waals surface area contributed by atoms with E-state index in [9.17, 15) is 4.79 Å². The Bertz CT molecular complexity index is 223. The number of hydrogen-bond donors (Lipinski definition) is 1. The van der Waals surface area contributed by atoms with Crippen LogP contribution in [0.1, 0.15) is 39.0 Å². The highest BCUT2D eigenvalue weighted by Gasteiger charge is 2.36. The third-order valence-electron chi connectivity index (χ3n) is 2.53. The monoisotopic (exact) mass is 198 g/mol. The smallest absolute Gasteiger partial charge is 0.330 e. The molecule has 0 bridgehead atoms. The maximum atomic E-state index is 10.4. The molecule has 1 aliphatic rings. The number of carbonyl (C=O) groups is 1. The van der Waals surface area contributed by atoms with Crippen molar-refractivity contribution in [2.45, 2.75) is 51.2 Å². The highest BCUT2D eigenvalue weighted by molar-refractivity contribution is 5.85. The van der Waals surface area contributed by atoms with Gasteiger partial charge < -0.3 is 9.84 Å². The molecule has 0 spiro atoms. The van der Waals surface area contributed by atoms with Crippen LogP contribution in [0.15, 0.2) is 12.2 Å². The summed E-state index contributed by atoms with van der Waals surface area (Å²) < 4.78 is 5.42. The minimum Gasteiger partial charge on any atom is -0.478 e. The lowest BCUT2D eigenvalue weighted by molar-refractivity contribution is -0.132. The van der Waals surface area contributed by atoms with Gasteiger partial charge >= 0.3 is 5.97 Å². The molecule has 3 heteroatoms. The Labute approximate surface area is 84.8 Å². The normalized spacial score (nSPS) is 24.6. The van der Waals surface area contributed by atoms with Gasteiger partial charge in [-0.25, -0.2) is 4.79 Å². The van der Waals surface area contributed by atoms with Gasteiger partial charge in [-0.05, 0) is 25.7 Å². The first-order chi connectivity index (χ1) is 6.65. The molecule has 1 heterocycles. The van der Waals surface area contributed by atoms with Gasteiger partial charge in [-0.1, -0.05) is 19.9 Å². The van der Waals surface area contributed by atoms with Gasteiger partial charge in [0.2, 0.25) is 0 Å². The first-order valence-corrected chi connectivity index (χ1v) is 5.21. The van der Waals surface area contributed by atoms with Crippen LogP contribution in [0.5, 0.6) is 0 Å². The predicted molar refractivity (Wildman–Crippen MR) is 54.2 cm³/mol. The molecule has 80 valence electrons. The second-order valence-electron chi connectivity index (χ2n) is 3.80. The van der Waals surface area contributed by atoms with Crippen LogP contribution in [0.2, 0.25) is 0 Å². The molecule has 0 radical (unpaired) electrons. The average Bonchev–Trinajstić information content (AvgIpc) is 2.84. The third-order valence-corrected chi connectivity index (χ3v) is 2.53. The molecule has 1 rings (SSSR count). The number of hydrogen-bond acceptors (Lipinski definition) is 2. The summed E-state index contributed by atoms with van der Waals surface area (Å²) in [5, 5.41) is 8.57. The number of carboxylic acids is 1. The second kappa shape index (κ2) is 5.15. The van der Waals surface area contributed by atoms with Crippen LogP contribution in [0.3, 0.4) is 0 Å². The first-order valence-electron chi connectivity index (χ1n) is 5.21. The Morgan fingerprint density at radius 1 is 1.43 bits per heavy atom. The van der Waals surface area contributed by atoms with E-state index in [1.807, 2.05) is 0 Å². The van der Waals surface area contributed by atoms with Crippen LogP contribution in [0.4, 0.5) is 0 Å². The van der Waals surface area contributed by atoms with Crippen LogP contribution >= 0.6 is 0 Å². The minimum absolute atomic E-state index is 0.303. The fraction of sp³-hybridized carbons (Fsp3) is 0.727. The van der Waals surface area contributed by atoms with Crippen molar-refractivity contribution >= 4 is 5.97 Å². The molecule has 0 aromatic carbocycles. The largest absolute Gasteiger partial charge is 0.478 e. The van der Waals surface area contributed by atoms with Gasteiger partial charge in [0.25, 0.3) is 0 Å². The van der Waals surface area contributed by atoms with E-state index in [0.717, 1.165) is 25.7 Å². The Morgan fingerprint density at radius 3 is 2.64 bits per heavy atom. The van der Waals surface area contributed by atoms with Crippen molar-refractivity contribution in [1.29, 1.82) is 0 Å². The second-order valence-corrected chi connectivity index (χ2v) is 3.80. The SMILES string of the molecule is C=C(CCCC1OC1CCC)C(=O)O. The molecule has 0 amide bonds. The fourth-order valence-electron chi connectivity index (χ4n) is 1.60. The summed E-state index contributed by atoms with van der Waals surface area (Å²) in [6, 6.07) is 0. The van der Waals surface area contributed by atoms with E-state index in [0.29, 0.717) is 24.2 Å². The van der Waals surface area contributed by atoms with Crippen LogP contribution in [-0.2, 0) is 9.53 Å². The molecule has 2 unspecified atom stereocenters. The third kappa shape index (κ3) is 3.50. The summed E-state index contributed by atoms with van der Waals surface area (Å²) in [5.41, 5.74) is 0.303. The molecule has 3 nitrogen and oxygen atoms in total. The molecule has 1 N–H and O–H groups in total. The van der Waals surface area contributed by atoms with Gasteiger partial charge in [-0.15, -0.1) is 0 Å². The van der Waals surface area contributed by atoms with Crippen molar-refractivity contribution < 1.29 is 14.6 Å². The summed E-state index contributed by atoms with van der Waals surface area (Å²) in [6.45, 7) is 5.63. The van der Waals surface area contributed by atoms with Gasteiger partial charge in [-0.3, -0.25) is 0 Å². The Morgan fingerprint density at radius 2 is 2.07 bits per heavy atom.